The topological polar surface area (TPSA) is 42.7 Å². The summed E-state index contributed by atoms with van der Waals surface area (Å²) in [6.45, 7) is 4.05. The second-order valence-electron chi connectivity index (χ2n) is 5.49. The normalized spacial score (nSPS) is 12.5. The van der Waals surface area contributed by atoms with Crippen molar-refractivity contribution < 1.29 is 4.39 Å². The summed E-state index contributed by atoms with van der Waals surface area (Å²) >= 11 is 0. The molecule has 0 fully saturated rings. The third-order valence-corrected chi connectivity index (χ3v) is 3.42. The lowest BCUT2D eigenvalue weighted by Gasteiger charge is -2.16. The SMILES string of the molecule is CCCNCC(Cc1cccc(F)c1)Cc1cn(C)nn1. The third kappa shape index (κ3) is 5.27. The number of aryl methyl sites for hydroxylation is 1. The molecule has 1 aromatic heterocycles. The molecule has 4 nitrogen and oxygen atoms in total. The first-order valence-corrected chi connectivity index (χ1v) is 7.47. The number of nitrogens with zero attached hydrogens (tertiary/aromatic N) is 3. The van der Waals surface area contributed by atoms with E-state index in [2.05, 4.69) is 22.6 Å². The number of benzene rings is 1. The van der Waals surface area contributed by atoms with Crippen LogP contribution in [0.25, 0.3) is 0 Å². The lowest BCUT2D eigenvalue weighted by Crippen LogP contribution is -2.26. The Labute approximate surface area is 125 Å². The molecule has 0 spiro atoms. The van der Waals surface area contributed by atoms with Gasteiger partial charge in [-0.1, -0.05) is 24.3 Å². The Kier molecular flexibility index (Phi) is 5.87. The maximum Gasteiger partial charge on any atom is 0.123 e. The van der Waals surface area contributed by atoms with E-state index in [-0.39, 0.29) is 5.82 Å². The molecule has 0 amide bonds. The van der Waals surface area contributed by atoms with E-state index >= 15 is 0 Å². The van der Waals surface area contributed by atoms with Crippen molar-refractivity contribution in [1.29, 1.82) is 0 Å². The Morgan fingerprint density at radius 3 is 2.86 bits per heavy atom. The quantitative estimate of drug-likeness (QED) is 0.759. The van der Waals surface area contributed by atoms with Gasteiger partial charge in [-0.25, -0.2) is 4.39 Å². The molecule has 1 atom stereocenters. The molecule has 0 aliphatic rings. The Bertz CT molecular complexity index is 553. The van der Waals surface area contributed by atoms with Gasteiger partial charge in [0.2, 0.25) is 0 Å². The monoisotopic (exact) mass is 290 g/mol. The zero-order chi connectivity index (χ0) is 15.1. The molecule has 2 aromatic rings. The summed E-state index contributed by atoms with van der Waals surface area (Å²) in [5, 5.41) is 11.6. The average molecular weight is 290 g/mol. The number of rotatable bonds is 8. The first-order valence-electron chi connectivity index (χ1n) is 7.47. The molecular weight excluding hydrogens is 267 g/mol. The summed E-state index contributed by atoms with van der Waals surface area (Å²) in [6, 6.07) is 6.84. The van der Waals surface area contributed by atoms with Crippen LogP contribution in [0.2, 0.25) is 0 Å². The van der Waals surface area contributed by atoms with Crippen LogP contribution in [0.1, 0.15) is 24.6 Å². The zero-order valence-electron chi connectivity index (χ0n) is 12.7. The van der Waals surface area contributed by atoms with Gasteiger partial charge >= 0.3 is 0 Å². The van der Waals surface area contributed by atoms with E-state index in [4.69, 9.17) is 0 Å². The van der Waals surface area contributed by atoms with Gasteiger partial charge in [-0.15, -0.1) is 5.10 Å². The van der Waals surface area contributed by atoms with E-state index in [1.54, 1.807) is 16.8 Å². The van der Waals surface area contributed by atoms with Crippen LogP contribution in [0.15, 0.2) is 30.5 Å². The molecule has 1 unspecified atom stereocenters. The first-order chi connectivity index (χ1) is 10.2. The number of hydrogen-bond donors (Lipinski definition) is 1. The van der Waals surface area contributed by atoms with Gasteiger partial charge < -0.3 is 5.32 Å². The van der Waals surface area contributed by atoms with Gasteiger partial charge in [0, 0.05) is 13.2 Å². The minimum atomic E-state index is -0.174. The Morgan fingerprint density at radius 2 is 2.19 bits per heavy atom. The molecule has 21 heavy (non-hydrogen) atoms. The van der Waals surface area contributed by atoms with Crippen molar-refractivity contribution in [3.05, 3.63) is 47.5 Å². The highest BCUT2D eigenvalue weighted by molar-refractivity contribution is 5.17. The van der Waals surface area contributed by atoms with Crippen molar-refractivity contribution in [3.63, 3.8) is 0 Å². The molecule has 1 heterocycles. The Morgan fingerprint density at radius 1 is 1.33 bits per heavy atom. The molecule has 2 rings (SSSR count). The molecule has 0 saturated carbocycles. The van der Waals surface area contributed by atoms with Crippen LogP contribution >= 0.6 is 0 Å². The molecule has 0 radical (unpaired) electrons. The van der Waals surface area contributed by atoms with Gasteiger partial charge in [0.05, 0.1) is 5.69 Å². The maximum atomic E-state index is 13.3. The lowest BCUT2D eigenvalue weighted by atomic mass is 9.94. The van der Waals surface area contributed by atoms with Gasteiger partial charge in [0.25, 0.3) is 0 Å². The van der Waals surface area contributed by atoms with E-state index in [9.17, 15) is 4.39 Å². The summed E-state index contributed by atoms with van der Waals surface area (Å²) in [5.74, 6) is 0.210. The van der Waals surface area contributed by atoms with Crippen molar-refractivity contribution in [1.82, 2.24) is 20.3 Å². The summed E-state index contributed by atoms with van der Waals surface area (Å²) in [5.41, 5.74) is 2.01. The smallest absolute Gasteiger partial charge is 0.123 e. The van der Waals surface area contributed by atoms with Crippen LogP contribution in [0.4, 0.5) is 4.39 Å². The van der Waals surface area contributed by atoms with Crippen LogP contribution in [0, 0.1) is 11.7 Å². The third-order valence-electron chi connectivity index (χ3n) is 3.42. The molecule has 114 valence electrons. The minimum absolute atomic E-state index is 0.174. The summed E-state index contributed by atoms with van der Waals surface area (Å²) in [6.07, 6.45) is 4.74. The predicted molar refractivity (Wildman–Crippen MR) is 81.5 cm³/mol. The predicted octanol–water partition coefficient (Wildman–Crippen LogP) is 2.36. The van der Waals surface area contributed by atoms with Gasteiger partial charge in [-0.2, -0.15) is 0 Å². The Balaban J connectivity index is 2.00. The van der Waals surface area contributed by atoms with E-state index < -0.39 is 0 Å². The Hall–Kier alpha value is -1.75. The summed E-state index contributed by atoms with van der Waals surface area (Å²) in [7, 11) is 1.87. The van der Waals surface area contributed by atoms with Crippen molar-refractivity contribution in [2.45, 2.75) is 26.2 Å². The molecule has 1 N–H and O–H groups in total. The molecule has 0 saturated heterocycles. The molecule has 0 aliphatic heterocycles. The number of halogens is 1. The van der Waals surface area contributed by atoms with E-state index in [0.717, 1.165) is 43.6 Å². The standard InChI is InChI=1S/C16H23FN4/c1-3-7-18-11-14(10-16-12-21(2)20-19-16)8-13-5-4-6-15(17)9-13/h4-6,9,12,14,18H,3,7-8,10-11H2,1-2H3. The highest BCUT2D eigenvalue weighted by Crippen LogP contribution is 2.14. The van der Waals surface area contributed by atoms with E-state index in [0.29, 0.717) is 5.92 Å². The van der Waals surface area contributed by atoms with Crippen molar-refractivity contribution in [2.24, 2.45) is 13.0 Å². The fraction of sp³-hybridized carbons (Fsp3) is 0.500. The van der Waals surface area contributed by atoms with Crippen LogP contribution in [-0.4, -0.2) is 28.1 Å². The van der Waals surface area contributed by atoms with Crippen LogP contribution < -0.4 is 5.32 Å². The molecule has 0 aliphatic carbocycles. The fourth-order valence-electron chi connectivity index (χ4n) is 2.48. The van der Waals surface area contributed by atoms with Crippen molar-refractivity contribution >= 4 is 0 Å². The van der Waals surface area contributed by atoms with E-state index in [1.165, 1.54) is 6.07 Å². The summed E-state index contributed by atoms with van der Waals surface area (Å²) < 4.78 is 15.0. The first kappa shape index (κ1) is 15.6. The summed E-state index contributed by atoms with van der Waals surface area (Å²) in [4.78, 5) is 0. The fourth-order valence-corrected chi connectivity index (χ4v) is 2.48. The maximum absolute atomic E-state index is 13.3. The number of nitrogens with one attached hydrogen (secondary N) is 1. The highest BCUT2D eigenvalue weighted by atomic mass is 19.1. The van der Waals surface area contributed by atoms with Gasteiger partial charge in [0.1, 0.15) is 5.82 Å². The minimum Gasteiger partial charge on any atom is -0.316 e. The highest BCUT2D eigenvalue weighted by Gasteiger charge is 2.13. The molecule has 5 heteroatoms. The average Bonchev–Trinajstić information content (AvgIpc) is 2.84. The van der Waals surface area contributed by atoms with Crippen LogP contribution in [0.5, 0.6) is 0 Å². The lowest BCUT2D eigenvalue weighted by molar-refractivity contribution is 0.465. The van der Waals surface area contributed by atoms with E-state index in [1.807, 2.05) is 19.3 Å². The van der Waals surface area contributed by atoms with Crippen molar-refractivity contribution in [2.75, 3.05) is 13.1 Å². The largest absolute Gasteiger partial charge is 0.316 e. The molecular formula is C16H23FN4. The second kappa shape index (κ2) is 7.88. The molecule has 1 aromatic carbocycles. The van der Waals surface area contributed by atoms with Gasteiger partial charge in [-0.05, 0) is 56.0 Å². The molecule has 0 bridgehead atoms. The van der Waals surface area contributed by atoms with Crippen LogP contribution in [0.3, 0.4) is 0 Å². The number of hydrogen-bond acceptors (Lipinski definition) is 3. The van der Waals surface area contributed by atoms with Gasteiger partial charge in [-0.3, -0.25) is 4.68 Å². The zero-order valence-corrected chi connectivity index (χ0v) is 12.7. The van der Waals surface area contributed by atoms with Gasteiger partial charge in [0.15, 0.2) is 0 Å². The second-order valence-corrected chi connectivity index (χ2v) is 5.49. The van der Waals surface area contributed by atoms with Crippen molar-refractivity contribution in [3.8, 4) is 0 Å². The van der Waals surface area contributed by atoms with Crippen LogP contribution in [-0.2, 0) is 19.9 Å². The number of aromatic nitrogens is 3.